The van der Waals surface area contributed by atoms with E-state index >= 15 is 0 Å². The smallest absolute Gasteiger partial charge is 0.309 e. The van der Waals surface area contributed by atoms with E-state index in [4.69, 9.17) is 14.2 Å². The highest BCUT2D eigenvalue weighted by molar-refractivity contribution is 5.81. The second kappa shape index (κ2) is 40.9. The van der Waals surface area contributed by atoms with Crippen LogP contribution in [0.5, 0.6) is 0 Å². The number of ketones is 1. The highest BCUT2D eigenvalue weighted by Gasteiger charge is 2.53. The van der Waals surface area contributed by atoms with E-state index in [9.17, 15) is 55.6 Å². The molecular formula is C90H181N9O14. The summed E-state index contributed by atoms with van der Waals surface area (Å²) in [5.74, 6) is 1.92. The fourth-order valence-corrected chi connectivity index (χ4v) is 20.0. The van der Waals surface area contributed by atoms with E-state index in [1.807, 2.05) is 152 Å². The van der Waals surface area contributed by atoms with E-state index in [0.717, 1.165) is 76.0 Å². The van der Waals surface area contributed by atoms with Gasteiger partial charge in [-0.1, -0.05) is 69.2 Å². The molecule has 670 valence electrons. The Morgan fingerprint density at radius 2 is 0.611 bits per heavy atom. The van der Waals surface area contributed by atoms with Crippen molar-refractivity contribution < 1.29 is 69.8 Å². The van der Waals surface area contributed by atoms with Gasteiger partial charge in [-0.05, 0) is 323 Å². The number of nitrogens with one attached hydrogen (secondary N) is 2. The van der Waals surface area contributed by atoms with Crippen LogP contribution in [0.1, 0.15) is 394 Å². The minimum absolute atomic E-state index is 0.00776. The first-order valence-corrected chi connectivity index (χ1v) is 43.3. The van der Waals surface area contributed by atoms with Crippen LogP contribution in [0.2, 0.25) is 0 Å². The van der Waals surface area contributed by atoms with Gasteiger partial charge in [-0.25, -0.2) is 0 Å². The number of rotatable bonds is 15. The highest BCUT2D eigenvalue weighted by atomic mass is 16.6. The Labute approximate surface area is 691 Å². The van der Waals surface area contributed by atoms with E-state index in [1.165, 1.54) is 36.8 Å². The van der Waals surface area contributed by atoms with Gasteiger partial charge in [-0.3, -0.25) is 19.2 Å². The fraction of sp³-hybridized carbons (Fsp3) is 0.956. The predicted molar refractivity (Wildman–Crippen MR) is 456 cm³/mol. The normalized spacial score (nSPS) is 25.9. The predicted octanol–water partition coefficient (Wildman–Crippen LogP) is 19.5. The van der Waals surface area contributed by atoms with Crippen molar-refractivity contribution in [1.29, 1.82) is 0 Å². The largest absolute Gasteiger partial charge is 0.463 e. The molecule has 1 amide bonds. The molecule has 0 aromatic carbocycles. The van der Waals surface area contributed by atoms with E-state index in [1.54, 1.807) is 5.06 Å². The molecule has 7 rings (SSSR count). The number of amides is 1. The molecule has 23 nitrogen and oxygen atoms in total. The maximum atomic E-state index is 12.2. The molecule has 113 heavy (non-hydrogen) atoms. The lowest BCUT2D eigenvalue weighted by molar-refractivity contribution is -0.263. The average Bonchev–Trinajstić information content (AvgIpc) is 0.964. The lowest BCUT2D eigenvalue weighted by Gasteiger charge is -2.52. The van der Waals surface area contributed by atoms with Crippen LogP contribution in [-0.4, -0.2) is 216 Å². The van der Waals surface area contributed by atoms with Crippen LogP contribution in [0.15, 0.2) is 0 Å². The monoisotopic (exact) mass is 1610 g/mol. The molecule has 23 heteroatoms. The molecule has 7 heterocycles. The van der Waals surface area contributed by atoms with Crippen LogP contribution in [0.3, 0.4) is 0 Å². The van der Waals surface area contributed by atoms with Gasteiger partial charge in [0.2, 0.25) is 5.91 Å². The zero-order valence-corrected chi connectivity index (χ0v) is 80.5. The van der Waals surface area contributed by atoms with Crippen LogP contribution in [0, 0.1) is 41.4 Å². The summed E-state index contributed by atoms with van der Waals surface area (Å²) in [4.78, 5) is 47.5. The number of Topliss-reactive ketones (excluding diaryl/α,β-unsaturated/α-hetero) is 1. The van der Waals surface area contributed by atoms with Gasteiger partial charge < -0.3 is 61.3 Å². The summed E-state index contributed by atoms with van der Waals surface area (Å²) >= 11 is 0. The van der Waals surface area contributed by atoms with Crippen molar-refractivity contribution in [2.24, 2.45) is 41.4 Å². The highest BCUT2D eigenvalue weighted by Crippen LogP contribution is 2.46. The number of piperidine rings is 7. The summed E-state index contributed by atoms with van der Waals surface area (Å²) in [6.07, 6.45) is 13.8. The molecule has 0 atom stereocenters. The first kappa shape index (κ1) is 108. The van der Waals surface area contributed by atoms with Gasteiger partial charge in [-0.15, -0.1) is 0 Å². The Morgan fingerprint density at radius 3 is 0.876 bits per heavy atom. The van der Waals surface area contributed by atoms with Crippen LogP contribution >= 0.6 is 0 Å². The van der Waals surface area contributed by atoms with E-state index in [2.05, 4.69) is 149 Å². The van der Waals surface area contributed by atoms with Gasteiger partial charge in [0.25, 0.3) is 0 Å². The van der Waals surface area contributed by atoms with Crippen molar-refractivity contribution in [2.45, 2.75) is 514 Å². The third-order valence-electron chi connectivity index (χ3n) is 23.7. The second-order valence-electron chi connectivity index (χ2n) is 46.3. The number of hydroxylamine groups is 14. The Hall–Kier alpha value is -2.56. The van der Waals surface area contributed by atoms with Crippen LogP contribution in [0.25, 0.3) is 0 Å². The molecule has 0 aromatic heterocycles. The molecule has 0 unspecified atom stereocenters. The fourth-order valence-electron chi connectivity index (χ4n) is 20.0. The van der Waals surface area contributed by atoms with Crippen molar-refractivity contribution in [1.82, 2.24) is 46.1 Å². The first-order valence-electron chi connectivity index (χ1n) is 43.3. The number of esters is 2. The minimum Gasteiger partial charge on any atom is -0.463 e. The number of hydrogen-bond acceptors (Lipinski definition) is 22. The molecule has 0 aliphatic carbocycles. The molecule has 7 aliphatic heterocycles. The van der Waals surface area contributed by atoms with Gasteiger partial charge >= 0.3 is 11.9 Å². The van der Waals surface area contributed by atoms with E-state index in [-0.39, 0.29) is 138 Å². The van der Waals surface area contributed by atoms with Crippen molar-refractivity contribution in [3.63, 3.8) is 0 Å². The molecular weight excluding hydrogens is 1430 g/mol. The summed E-state index contributed by atoms with van der Waals surface area (Å²) in [6.45, 7) is 85.2. The molecule has 7 fully saturated rings. The van der Waals surface area contributed by atoms with Crippen molar-refractivity contribution in [3.05, 3.63) is 0 Å². The average molecular weight is 1610 g/mol. The van der Waals surface area contributed by atoms with Gasteiger partial charge in [-0.2, -0.15) is 35.4 Å². The third kappa shape index (κ3) is 33.1. The maximum Gasteiger partial charge on any atom is 0.309 e. The zero-order chi connectivity index (χ0) is 89.3. The quantitative estimate of drug-likeness (QED) is 0.0689. The second-order valence-corrected chi connectivity index (χ2v) is 46.3. The van der Waals surface area contributed by atoms with Crippen molar-refractivity contribution in [3.8, 4) is 0 Å². The summed E-state index contributed by atoms with van der Waals surface area (Å²) in [7, 11) is 0. The summed E-state index contributed by atoms with van der Waals surface area (Å²) in [6, 6.07) is 1.14. The Balaban J connectivity index is 0.000000660. The minimum atomic E-state index is -0.400. The zero-order valence-electron chi connectivity index (χ0n) is 80.5. The third-order valence-corrected chi connectivity index (χ3v) is 23.7. The van der Waals surface area contributed by atoms with Crippen molar-refractivity contribution in [2.75, 3.05) is 0 Å². The lowest BCUT2D eigenvalue weighted by Crippen LogP contribution is -2.63. The number of carbonyl (C=O) groups excluding carboxylic acids is 4. The summed E-state index contributed by atoms with van der Waals surface area (Å²) < 4.78 is 16.6. The van der Waals surface area contributed by atoms with Gasteiger partial charge in [0.05, 0.1) is 30.1 Å². The Morgan fingerprint density at radius 1 is 0.336 bits per heavy atom. The van der Waals surface area contributed by atoms with Crippen molar-refractivity contribution >= 4 is 23.6 Å². The summed E-state index contributed by atoms with van der Waals surface area (Å²) in [5.41, 5.74) is -3.67. The topological polar surface area (TPSA) is 284 Å². The molecule has 9 N–H and O–H groups in total. The van der Waals surface area contributed by atoms with E-state index in [0.29, 0.717) is 55.9 Å². The SMILES string of the molecule is CC(C)C(=O)NC1CC(C)(C)N(O)C(C)(C)C1.CC(C)C(=O)OC1CC(C)(C)N(O)C(C)(C)C1.CC(C)CC(=O)C1CC(C)(C)N(O)C(C)(C)C1.CC(C)CC1CC(C)(C)N(O)C(C)(C)C1.CC(C)NC1CC(C)(C)N(O)C(C)(C)C1.CC(C)OC(=O)C1CC(C)(C)N(O)C(C)(C)C1.CC(C)OC1CC(C)(C)N(O)C(C)(C)C1. The number of ether oxygens (including phenoxy) is 3. The van der Waals surface area contributed by atoms with Crippen LogP contribution in [-0.2, 0) is 33.4 Å². The molecule has 0 radical (unpaired) electrons. The number of carbonyl (C=O) groups is 4. The molecule has 0 aromatic rings. The maximum absolute atomic E-state index is 12.2. The summed E-state index contributed by atoms with van der Waals surface area (Å²) in [5, 5.41) is 87.8. The van der Waals surface area contributed by atoms with Crippen LogP contribution in [0.4, 0.5) is 0 Å². The number of hydrogen-bond donors (Lipinski definition) is 9. The first-order chi connectivity index (χ1) is 50.2. The standard InChI is InChI=1S/C14H27NO2.C13H26N2O2.2C13H25NO3.C13H27NO.C12H26N2O.C12H25NO2/c1-10(2)7-12(16)11-8-13(3,4)15(17)14(5,6)9-11;1-9(2)11(16)14-10-7-12(3,4)15(17)13(5,6)8-10;1-9(2)17-11(15)10-7-12(3,4)14(16)13(5,6)8-10;1-9(2)11(15)17-10-7-12(3,4)14(16)13(5,6)8-10;1-10(2)7-11-8-12(3,4)14(15)13(5,6)9-11;1-9(2)13-10-7-11(3,4)14(15)12(5,6)8-10;1-9(2)15-10-7-11(3,4)13(14)12(5,6)8-10/h10-11,17H,7-9H2,1-6H3;9-10,17H,7-8H2,1-6H3,(H,14,16);2*9-10,16H,7-8H2,1-6H3;10-11,15H,7-9H2,1-6H3;9-10,13,15H,7-8H2,1-6H3;9-10,14H,7-8H2,1-6H3. The molecule has 0 spiro atoms. The van der Waals surface area contributed by atoms with Crippen LogP contribution < -0.4 is 10.6 Å². The Kier molecular flexibility index (Phi) is 39.2. The van der Waals surface area contributed by atoms with Gasteiger partial charge in [0.15, 0.2) is 0 Å². The molecule has 0 saturated carbocycles. The van der Waals surface area contributed by atoms with Gasteiger partial charge in [0, 0.05) is 127 Å². The van der Waals surface area contributed by atoms with Gasteiger partial charge in [0.1, 0.15) is 11.9 Å². The lowest BCUT2D eigenvalue weighted by atomic mass is 9.72. The number of nitrogens with zero attached hydrogens (tertiary/aromatic N) is 7. The molecule has 7 aliphatic rings. The van der Waals surface area contributed by atoms with E-state index < -0.39 is 11.1 Å². The Bertz CT molecular complexity index is 2570. The molecule has 7 saturated heterocycles. The molecule has 0 bridgehead atoms.